The van der Waals surface area contributed by atoms with Crippen LogP contribution in [0.3, 0.4) is 0 Å². The zero-order valence-electron chi connectivity index (χ0n) is 9.34. The highest BCUT2D eigenvalue weighted by Crippen LogP contribution is 2.29. The SMILES string of the molecule is O=C(CCC1CCCC1)C1=COCCC1. The molecule has 0 spiro atoms. The van der Waals surface area contributed by atoms with E-state index in [9.17, 15) is 4.79 Å². The summed E-state index contributed by atoms with van der Waals surface area (Å²) in [6.45, 7) is 0.777. The van der Waals surface area contributed by atoms with E-state index in [1.165, 1.54) is 25.7 Å². The molecule has 2 aliphatic rings. The Morgan fingerprint density at radius 1 is 1.33 bits per heavy atom. The van der Waals surface area contributed by atoms with Crippen LogP contribution < -0.4 is 0 Å². The molecule has 0 unspecified atom stereocenters. The van der Waals surface area contributed by atoms with Crippen LogP contribution in [0.1, 0.15) is 51.4 Å². The Hall–Kier alpha value is -0.790. The first kappa shape index (κ1) is 10.7. The zero-order valence-corrected chi connectivity index (χ0v) is 9.34. The molecule has 1 heterocycles. The Bertz CT molecular complexity index is 249. The molecule has 2 heteroatoms. The fraction of sp³-hybridized carbons (Fsp3) is 0.769. The Kier molecular flexibility index (Phi) is 3.81. The topological polar surface area (TPSA) is 26.3 Å². The van der Waals surface area contributed by atoms with Crippen LogP contribution >= 0.6 is 0 Å². The molecule has 1 aliphatic heterocycles. The maximum atomic E-state index is 11.8. The molecule has 0 amide bonds. The van der Waals surface area contributed by atoms with Gasteiger partial charge in [-0.1, -0.05) is 25.7 Å². The third-order valence-corrected chi connectivity index (χ3v) is 3.55. The smallest absolute Gasteiger partial charge is 0.161 e. The maximum absolute atomic E-state index is 11.8. The second-order valence-electron chi connectivity index (χ2n) is 4.73. The molecule has 1 fully saturated rings. The van der Waals surface area contributed by atoms with E-state index in [-0.39, 0.29) is 0 Å². The third kappa shape index (κ3) is 3.08. The van der Waals surface area contributed by atoms with E-state index in [1.807, 2.05) is 0 Å². The molecule has 0 N–H and O–H groups in total. The number of rotatable bonds is 4. The molecule has 0 atom stereocenters. The normalized spacial score (nSPS) is 22.3. The molecule has 1 saturated carbocycles. The lowest BCUT2D eigenvalue weighted by atomic mass is 9.96. The number of carbonyl (C=O) groups is 1. The molecule has 2 nitrogen and oxygen atoms in total. The summed E-state index contributed by atoms with van der Waals surface area (Å²) in [6.07, 6.45) is 10.8. The van der Waals surface area contributed by atoms with E-state index in [1.54, 1.807) is 6.26 Å². The number of ketones is 1. The van der Waals surface area contributed by atoms with Gasteiger partial charge in [-0.2, -0.15) is 0 Å². The van der Waals surface area contributed by atoms with Gasteiger partial charge in [0.15, 0.2) is 5.78 Å². The summed E-state index contributed by atoms with van der Waals surface area (Å²) in [7, 11) is 0. The van der Waals surface area contributed by atoms with E-state index in [4.69, 9.17) is 4.74 Å². The molecule has 0 radical (unpaired) electrons. The summed E-state index contributed by atoms with van der Waals surface area (Å²) in [5, 5.41) is 0. The number of ether oxygens (including phenoxy) is 1. The van der Waals surface area contributed by atoms with Crippen molar-refractivity contribution in [1.29, 1.82) is 0 Å². The molecular weight excluding hydrogens is 188 g/mol. The van der Waals surface area contributed by atoms with Crippen LogP contribution in [0.15, 0.2) is 11.8 Å². The molecule has 84 valence electrons. The third-order valence-electron chi connectivity index (χ3n) is 3.55. The molecule has 15 heavy (non-hydrogen) atoms. The van der Waals surface area contributed by atoms with E-state index in [0.29, 0.717) is 5.78 Å². The van der Waals surface area contributed by atoms with E-state index >= 15 is 0 Å². The van der Waals surface area contributed by atoms with Gasteiger partial charge < -0.3 is 4.74 Å². The van der Waals surface area contributed by atoms with Crippen molar-refractivity contribution < 1.29 is 9.53 Å². The van der Waals surface area contributed by atoms with Gasteiger partial charge in [0, 0.05) is 12.0 Å². The van der Waals surface area contributed by atoms with Crippen LogP contribution in [-0.4, -0.2) is 12.4 Å². The van der Waals surface area contributed by atoms with E-state index < -0.39 is 0 Å². The summed E-state index contributed by atoms with van der Waals surface area (Å²) in [5.41, 5.74) is 0.916. The fourth-order valence-corrected chi connectivity index (χ4v) is 2.56. The average molecular weight is 208 g/mol. The Labute approximate surface area is 91.7 Å². The van der Waals surface area contributed by atoms with Gasteiger partial charge in [-0.25, -0.2) is 0 Å². The molecule has 2 rings (SSSR count). The van der Waals surface area contributed by atoms with Crippen molar-refractivity contribution in [1.82, 2.24) is 0 Å². The van der Waals surface area contributed by atoms with Crippen LogP contribution in [-0.2, 0) is 9.53 Å². The van der Waals surface area contributed by atoms with Crippen LogP contribution in [0.2, 0.25) is 0 Å². The lowest BCUT2D eigenvalue weighted by molar-refractivity contribution is -0.116. The van der Waals surface area contributed by atoms with Gasteiger partial charge in [0.2, 0.25) is 0 Å². The van der Waals surface area contributed by atoms with Gasteiger partial charge in [-0.3, -0.25) is 4.79 Å². The Morgan fingerprint density at radius 3 is 2.80 bits per heavy atom. The van der Waals surface area contributed by atoms with E-state index in [2.05, 4.69) is 0 Å². The monoisotopic (exact) mass is 208 g/mol. The minimum Gasteiger partial charge on any atom is -0.501 e. The van der Waals surface area contributed by atoms with Crippen molar-refractivity contribution in [3.05, 3.63) is 11.8 Å². The van der Waals surface area contributed by atoms with Crippen molar-refractivity contribution in [2.75, 3.05) is 6.61 Å². The van der Waals surface area contributed by atoms with Gasteiger partial charge in [-0.05, 0) is 25.2 Å². The molecule has 0 bridgehead atoms. The molecule has 0 aromatic rings. The minimum atomic E-state index is 0.321. The predicted octanol–water partition coefficient (Wildman–Crippen LogP) is 3.22. The quantitative estimate of drug-likeness (QED) is 0.709. The van der Waals surface area contributed by atoms with Crippen molar-refractivity contribution >= 4 is 5.78 Å². The van der Waals surface area contributed by atoms with E-state index in [0.717, 1.165) is 43.8 Å². The largest absolute Gasteiger partial charge is 0.501 e. The Morgan fingerprint density at radius 2 is 2.13 bits per heavy atom. The van der Waals surface area contributed by atoms with Crippen molar-refractivity contribution in [2.45, 2.75) is 51.4 Å². The molecular formula is C13H20O2. The van der Waals surface area contributed by atoms with Gasteiger partial charge in [0.05, 0.1) is 12.9 Å². The standard InChI is InChI=1S/C13H20O2/c14-13(12-6-3-9-15-10-12)8-7-11-4-1-2-5-11/h10-11H,1-9H2. The fourth-order valence-electron chi connectivity index (χ4n) is 2.56. The lowest BCUT2D eigenvalue weighted by Crippen LogP contribution is -2.10. The van der Waals surface area contributed by atoms with Crippen LogP contribution in [0, 0.1) is 5.92 Å². The number of Topliss-reactive ketones (excluding diaryl/α,β-unsaturated/α-hetero) is 1. The summed E-state index contributed by atoms with van der Waals surface area (Å²) in [5.74, 6) is 1.14. The van der Waals surface area contributed by atoms with Gasteiger partial charge >= 0.3 is 0 Å². The first-order valence-electron chi connectivity index (χ1n) is 6.20. The van der Waals surface area contributed by atoms with Crippen LogP contribution in [0.4, 0.5) is 0 Å². The van der Waals surface area contributed by atoms with Crippen molar-refractivity contribution in [3.63, 3.8) is 0 Å². The van der Waals surface area contributed by atoms with Crippen LogP contribution in [0.25, 0.3) is 0 Å². The van der Waals surface area contributed by atoms with Crippen molar-refractivity contribution in [2.24, 2.45) is 5.92 Å². The first-order chi connectivity index (χ1) is 7.36. The molecule has 0 aromatic carbocycles. The lowest BCUT2D eigenvalue weighted by Gasteiger charge is -2.13. The second kappa shape index (κ2) is 5.34. The summed E-state index contributed by atoms with van der Waals surface area (Å²) in [4.78, 5) is 11.8. The first-order valence-corrected chi connectivity index (χ1v) is 6.20. The summed E-state index contributed by atoms with van der Waals surface area (Å²) < 4.78 is 5.19. The van der Waals surface area contributed by atoms with Gasteiger partial charge in [0.1, 0.15) is 0 Å². The number of carbonyl (C=O) groups excluding carboxylic acids is 1. The second-order valence-corrected chi connectivity index (χ2v) is 4.73. The van der Waals surface area contributed by atoms with Gasteiger partial charge in [0.25, 0.3) is 0 Å². The Balaban J connectivity index is 1.73. The summed E-state index contributed by atoms with van der Waals surface area (Å²) in [6, 6.07) is 0. The predicted molar refractivity (Wildman–Crippen MR) is 59.5 cm³/mol. The average Bonchev–Trinajstić information content (AvgIpc) is 2.80. The minimum absolute atomic E-state index is 0.321. The maximum Gasteiger partial charge on any atom is 0.161 e. The van der Waals surface area contributed by atoms with Crippen molar-refractivity contribution in [3.8, 4) is 0 Å². The number of hydrogen-bond acceptors (Lipinski definition) is 2. The number of hydrogen-bond donors (Lipinski definition) is 0. The zero-order chi connectivity index (χ0) is 10.5. The van der Waals surface area contributed by atoms with Crippen LogP contribution in [0.5, 0.6) is 0 Å². The van der Waals surface area contributed by atoms with Gasteiger partial charge in [-0.15, -0.1) is 0 Å². The highest BCUT2D eigenvalue weighted by atomic mass is 16.5. The molecule has 0 saturated heterocycles. The number of allylic oxidation sites excluding steroid dienone is 1. The highest BCUT2D eigenvalue weighted by Gasteiger charge is 2.18. The summed E-state index contributed by atoms with van der Waals surface area (Å²) >= 11 is 0. The highest BCUT2D eigenvalue weighted by molar-refractivity contribution is 5.95. The molecule has 0 aromatic heterocycles. The molecule has 1 aliphatic carbocycles.